The van der Waals surface area contributed by atoms with Crippen molar-refractivity contribution < 1.29 is 18.0 Å². The minimum atomic E-state index is -4.28. The standard InChI is InChI=1S/C17H15ClN2O4S/c1-11-3-6-14(9-12(11)2)19-10-16(21)20(17(19)22)25(23,24)15-7-4-13(18)5-8-15/h3-9H,10H2,1-2H3. The molecule has 0 aromatic heterocycles. The molecule has 8 heteroatoms. The van der Waals surface area contributed by atoms with Gasteiger partial charge in [0.15, 0.2) is 0 Å². The monoisotopic (exact) mass is 378 g/mol. The Hall–Kier alpha value is -2.38. The molecule has 25 heavy (non-hydrogen) atoms. The van der Waals surface area contributed by atoms with Gasteiger partial charge in [0.25, 0.3) is 15.9 Å². The first kappa shape index (κ1) is 17.4. The van der Waals surface area contributed by atoms with Crippen LogP contribution < -0.4 is 4.90 Å². The van der Waals surface area contributed by atoms with Crippen LogP contribution in [0.25, 0.3) is 0 Å². The summed E-state index contributed by atoms with van der Waals surface area (Å²) in [5.41, 5.74) is 2.46. The number of nitrogens with zero attached hydrogens (tertiary/aromatic N) is 2. The van der Waals surface area contributed by atoms with Crippen LogP contribution in [0.4, 0.5) is 10.5 Å². The predicted octanol–water partition coefficient (Wildman–Crippen LogP) is 3.11. The highest BCUT2D eigenvalue weighted by Gasteiger charge is 2.45. The van der Waals surface area contributed by atoms with Gasteiger partial charge in [0.2, 0.25) is 0 Å². The molecule has 130 valence electrons. The Kier molecular flexibility index (Phi) is 4.30. The number of halogens is 1. The summed E-state index contributed by atoms with van der Waals surface area (Å²) in [5, 5.41) is 0.356. The molecule has 0 N–H and O–H groups in total. The van der Waals surface area contributed by atoms with E-state index in [1.165, 1.54) is 24.3 Å². The van der Waals surface area contributed by atoms with Crippen molar-refractivity contribution in [3.8, 4) is 0 Å². The normalized spacial score (nSPS) is 15.2. The number of urea groups is 1. The van der Waals surface area contributed by atoms with Crippen LogP contribution in [0.5, 0.6) is 0 Å². The lowest BCUT2D eigenvalue weighted by Crippen LogP contribution is -2.38. The van der Waals surface area contributed by atoms with Crippen LogP contribution in [0.15, 0.2) is 47.4 Å². The van der Waals surface area contributed by atoms with Gasteiger partial charge in [0.1, 0.15) is 6.54 Å². The molecule has 0 aliphatic carbocycles. The molecule has 0 radical (unpaired) electrons. The van der Waals surface area contributed by atoms with Gasteiger partial charge in [0.05, 0.1) is 4.90 Å². The van der Waals surface area contributed by atoms with Gasteiger partial charge < -0.3 is 0 Å². The van der Waals surface area contributed by atoms with E-state index >= 15 is 0 Å². The molecule has 0 spiro atoms. The number of anilines is 1. The summed E-state index contributed by atoms with van der Waals surface area (Å²) in [7, 11) is -4.28. The SMILES string of the molecule is Cc1ccc(N2CC(=O)N(S(=O)(=O)c3ccc(Cl)cc3)C2=O)cc1C. The van der Waals surface area contributed by atoms with E-state index in [0.717, 1.165) is 16.0 Å². The average molecular weight is 379 g/mol. The van der Waals surface area contributed by atoms with E-state index in [4.69, 9.17) is 11.6 Å². The first-order valence-electron chi connectivity index (χ1n) is 7.44. The van der Waals surface area contributed by atoms with Crippen LogP contribution in [0, 0.1) is 13.8 Å². The van der Waals surface area contributed by atoms with Crippen molar-refractivity contribution in [3.63, 3.8) is 0 Å². The lowest BCUT2D eigenvalue weighted by Gasteiger charge is -2.18. The second-order valence-corrected chi connectivity index (χ2v) is 7.98. The zero-order valence-corrected chi connectivity index (χ0v) is 15.1. The van der Waals surface area contributed by atoms with Crippen molar-refractivity contribution in [1.82, 2.24) is 4.31 Å². The molecule has 0 saturated carbocycles. The number of imide groups is 1. The van der Waals surface area contributed by atoms with E-state index in [1.807, 2.05) is 19.9 Å². The number of amides is 3. The van der Waals surface area contributed by atoms with Gasteiger partial charge in [-0.1, -0.05) is 17.7 Å². The topological polar surface area (TPSA) is 74.8 Å². The summed E-state index contributed by atoms with van der Waals surface area (Å²) in [6.45, 7) is 3.48. The second kappa shape index (κ2) is 6.16. The van der Waals surface area contributed by atoms with E-state index in [1.54, 1.807) is 12.1 Å². The maximum absolute atomic E-state index is 12.7. The minimum Gasteiger partial charge on any atom is -0.284 e. The van der Waals surface area contributed by atoms with Crippen LogP contribution in [-0.2, 0) is 14.8 Å². The Morgan fingerprint density at radius 1 is 0.960 bits per heavy atom. The fraction of sp³-hybridized carbons (Fsp3) is 0.176. The van der Waals surface area contributed by atoms with Crippen molar-refractivity contribution in [2.24, 2.45) is 0 Å². The molecular formula is C17H15ClN2O4S. The zero-order chi connectivity index (χ0) is 18.4. The van der Waals surface area contributed by atoms with Crippen LogP contribution in [0.2, 0.25) is 5.02 Å². The summed E-state index contributed by atoms with van der Waals surface area (Å²) in [6.07, 6.45) is 0. The van der Waals surface area contributed by atoms with E-state index < -0.39 is 22.0 Å². The van der Waals surface area contributed by atoms with E-state index in [2.05, 4.69) is 0 Å². The summed E-state index contributed by atoms with van der Waals surface area (Å²) in [4.78, 5) is 25.9. The number of hydrogen-bond donors (Lipinski definition) is 0. The molecule has 1 fully saturated rings. The van der Waals surface area contributed by atoms with Gasteiger partial charge in [-0.05, 0) is 61.4 Å². The Labute approximate surface area is 150 Å². The second-order valence-electron chi connectivity index (χ2n) is 5.75. The van der Waals surface area contributed by atoms with Crippen LogP contribution >= 0.6 is 11.6 Å². The van der Waals surface area contributed by atoms with Gasteiger partial charge >= 0.3 is 6.03 Å². The number of aryl methyl sites for hydroxylation is 2. The third-order valence-electron chi connectivity index (χ3n) is 4.08. The van der Waals surface area contributed by atoms with Gasteiger partial charge in [-0.3, -0.25) is 9.69 Å². The first-order chi connectivity index (χ1) is 11.7. The van der Waals surface area contributed by atoms with Gasteiger partial charge in [0, 0.05) is 10.7 Å². The molecule has 1 aliphatic heterocycles. The summed E-state index contributed by atoms with van der Waals surface area (Å²) in [5.74, 6) is -0.793. The summed E-state index contributed by atoms with van der Waals surface area (Å²) >= 11 is 5.76. The van der Waals surface area contributed by atoms with E-state index in [0.29, 0.717) is 15.0 Å². The largest absolute Gasteiger partial charge is 0.346 e. The summed E-state index contributed by atoms with van der Waals surface area (Å²) in [6, 6.07) is 9.67. The number of sulfonamides is 1. The molecule has 1 heterocycles. The van der Waals surface area contributed by atoms with Crippen molar-refractivity contribution in [1.29, 1.82) is 0 Å². The molecule has 6 nitrogen and oxygen atoms in total. The Morgan fingerprint density at radius 3 is 2.20 bits per heavy atom. The molecule has 0 unspecified atom stereocenters. The smallest absolute Gasteiger partial charge is 0.284 e. The lowest BCUT2D eigenvalue weighted by molar-refractivity contribution is -0.121. The fourth-order valence-corrected chi connectivity index (χ4v) is 3.97. The predicted molar refractivity (Wildman–Crippen MR) is 94.1 cm³/mol. The zero-order valence-electron chi connectivity index (χ0n) is 13.6. The number of hydrogen-bond acceptors (Lipinski definition) is 4. The molecule has 1 aliphatic rings. The third-order valence-corrected chi connectivity index (χ3v) is 6.04. The van der Waals surface area contributed by atoms with Gasteiger partial charge in [-0.15, -0.1) is 4.31 Å². The van der Waals surface area contributed by atoms with Crippen LogP contribution in [0.3, 0.4) is 0 Å². The minimum absolute atomic E-state index is 0.166. The molecule has 0 bridgehead atoms. The molecule has 2 aromatic rings. The Balaban J connectivity index is 1.98. The fourth-order valence-electron chi connectivity index (χ4n) is 2.53. The number of carbonyl (C=O) groups excluding carboxylic acids is 2. The molecule has 2 aromatic carbocycles. The Morgan fingerprint density at radius 2 is 1.60 bits per heavy atom. The van der Waals surface area contributed by atoms with Crippen molar-refractivity contribution >= 4 is 39.2 Å². The average Bonchev–Trinajstić information content (AvgIpc) is 2.85. The van der Waals surface area contributed by atoms with Crippen LogP contribution in [-0.4, -0.2) is 31.2 Å². The number of rotatable bonds is 3. The molecule has 3 amide bonds. The van der Waals surface area contributed by atoms with Crippen LogP contribution in [0.1, 0.15) is 11.1 Å². The van der Waals surface area contributed by atoms with Gasteiger partial charge in [-0.2, -0.15) is 0 Å². The van der Waals surface area contributed by atoms with E-state index in [-0.39, 0.29) is 11.4 Å². The van der Waals surface area contributed by atoms with Crippen molar-refractivity contribution in [2.45, 2.75) is 18.7 Å². The van der Waals surface area contributed by atoms with E-state index in [9.17, 15) is 18.0 Å². The maximum atomic E-state index is 12.7. The number of carbonyl (C=O) groups is 2. The quantitative estimate of drug-likeness (QED) is 0.769. The molecule has 3 rings (SSSR count). The van der Waals surface area contributed by atoms with Crippen molar-refractivity contribution in [2.75, 3.05) is 11.4 Å². The lowest BCUT2D eigenvalue weighted by atomic mass is 10.1. The molecule has 0 atom stereocenters. The highest BCUT2D eigenvalue weighted by Crippen LogP contribution is 2.28. The Bertz CT molecular complexity index is 971. The molecular weight excluding hydrogens is 364 g/mol. The van der Waals surface area contributed by atoms with Crippen molar-refractivity contribution in [3.05, 3.63) is 58.6 Å². The highest BCUT2D eigenvalue weighted by molar-refractivity contribution is 7.90. The highest BCUT2D eigenvalue weighted by atomic mass is 35.5. The first-order valence-corrected chi connectivity index (χ1v) is 9.26. The third kappa shape index (κ3) is 3.01. The van der Waals surface area contributed by atoms with Gasteiger partial charge in [-0.25, -0.2) is 13.2 Å². The molecule has 1 saturated heterocycles. The maximum Gasteiger partial charge on any atom is 0.346 e. The number of benzene rings is 2. The summed E-state index contributed by atoms with van der Waals surface area (Å²) < 4.78 is 25.7.